The van der Waals surface area contributed by atoms with Crippen molar-refractivity contribution in [2.45, 2.75) is 11.8 Å². The number of anilines is 1. The highest BCUT2D eigenvalue weighted by molar-refractivity contribution is 7.92. The zero-order chi connectivity index (χ0) is 21.3. The number of ether oxygens (including phenoxy) is 1. The Morgan fingerprint density at radius 2 is 1.87 bits per heavy atom. The molecule has 0 radical (unpaired) electrons. The van der Waals surface area contributed by atoms with E-state index >= 15 is 0 Å². The minimum absolute atomic E-state index is 0.0296. The van der Waals surface area contributed by atoms with Gasteiger partial charge in [0.25, 0.3) is 15.6 Å². The van der Waals surface area contributed by atoms with Gasteiger partial charge in [-0.25, -0.2) is 13.4 Å². The largest absolute Gasteiger partial charge is 0.494 e. The molecule has 30 heavy (non-hydrogen) atoms. The summed E-state index contributed by atoms with van der Waals surface area (Å²) in [7, 11) is -2.42. The van der Waals surface area contributed by atoms with Crippen LogP contribution in [0.1, 0.15) is 5.82 Å². The average molecular weight is 422 g/mol. The molecule has 0 atom stereocenters. The third kappa shape index (κ3) is 3.50. The number of pyridine rings is 1. The third-order valence-electron chi connectivity index (χ3n) is 4.58. The maximum Gasteiger partial charge on any atom is 0.265 e. The Hall–Kier alpha value is -3.72. The number of para-hydroxylation sites is 1. The predicted molar refractivity (Wildman–Crippen MR) is 114 cm³/mol. The Labute approximate surface area is 172 Å². The van der Waals surface area contributed by atoms with Crippen molar-refractivity contribution in [1.82, 2.24) is 14.5 Å². The first-order chi connectivity index (χ1) is 14.4. The van der Waals surface area contributed by atoms with Crippen LogP contribution in [0.15, 0.2) is 76.7 Å². The fourth-order valence-electron chi connectivity index (χ4n) is 3.16. The quantitative estimate of drug-likeness (QED) is 0.530. The van der Waals surface area contributed by atoms with Crippen LogP contribution in [-0.4, -0.2) is 30.1 Å². The molecule has 2 heterocycles. The van der Waals surface area contributed by atoms with Gasteiger partial charge in [-0.1, -0.05) is 12.1 Å². The fourth-order valence-corrected chi connectivity index (χ4v) is 4.19. The van der Waals surface area contributed by atoms with Gasteiger partial charge in [0, 0.05) is 18.5 Å². The summed E-state index contributed by atoms with van der Waals surface area (Å²) in [6, 6.07) is 14.9. The van der Waals surface area contributed by atoms with Gasteiger partial charge in [-0.15, -0.1) is 0 Å². The van der Waals surface area contributed by atoms with Gasteiger partial charge in [-0.3, -0.25) is 19.1 Å². The molecule has 0 aliphatic carbocycles. The molecular formula is C21H18N4O4S. The number of nitrogens with zero attached hydrogens (tertiary/aromatic N) is 3. The van der Waals surface area contributed by atoms with E-state index in [2.05, 4.69) is 14.7 Å². The van der Waals surface area contributed by atoms with E-state index in [1.807, 2.05) is 6.07 Å². The molecule has 9 heteroatoms. The molecule has 2 aromatic carbocycles. The number of aryl methyl sites for hydroxylation is 1. The zero-order valence-corrected chi connectivity index (χ0v) is 17.1. The molecule has 0 aliphatic rings. The summed E-state index contributed by atoms with van der Waals surface area (Å²) in [5.41, 5.74) is 1.15. The Morgan fingerprint density at radius 3 is 2.60 bits per heavy atom. The van der Waals surface area contributed by atoms with Gasteiger partial charge in [0.1, 0.15) is 16.5 Å². The van der Waals surface area contributed by atoms with Crippen molar-refractivity contribution in [3.8, 4) is 11.4 Å². The number of nitrogens with one attached hydrogen (secondary N) is 1. The molecule has 0 aliphatic heterocycles. The summed E-state index contributed by atoms with van der Waals surface area (Å²) < 4.78 is 34.6. The second-order valence-corrected chi connectivity index (χ2v) is 8.18. The zero-order valence-electron chi connectivity index (χ0n) is 16.2. The molecule has 4 aromatic rings. The topological polar surface area (TPSA) is 103 Å². The summed E-state index contributed by atoms with van der Waals surface area (Å²) in [5, 5.41) is 0.489. The maximum absolute atomic E-state index is 13.0. The lowest BCUT2D eigenvalue weighted by molar-refractivity contribution is 0.416. The van der Waals surface area contributed by atoms with Crippen molar-refractivity contribution in [1.29, 1.82) is 0 Å². The first-order valence-corrected chi connectivity index (χ1v) is 10.5. The second-order valence-electron chi connectivity index (χ2n) is 6.50. The molecule has 8 nitrogen and oxygen atoms in total. The Kier molecular flexibility index (Phi) is 4.96. The second kappa shape index (κ2) is 7.60. The van der Waals surface area contributed by atoms with Gasteiger partial charge in [0.05, 0.1) is 29.4 Å². The van der Waals surface area contributed by atoms with Gasteiger partial charge in [-0.2, -0.15) is 0 Å². The van der Waals surface area contributed by atoms with Gasteiger partial charge in [0.2, 0.25) is 0 Å². The maximum atomic E-state index is 13.0. The lowest BCUT2D eigenvalue weighted by Gasteiger charge is -2.15. The van der Waals surface area contributed by atoms with E-state index in [1.165, 1.54) is 36.2 Å². The van der Waals surface area contributed by atoms with Crippen molar-refractivity contribution >= 4 is 26.6 Å². The number of hydrogen-bond donors (Lipinski definition) is 1. The van der Waals surface area contributed by atoms with Crippen LogP contribution in [0.4, 0.5) is 5.69 Å². The van der Waals surface area contributed by atoms with Crippen molar-refractivity contribution in [2.24, 2.45) is 0 Å². The van der Waals surface area contributed by atoms with E-state index in [0.717, 1.165) is 0 Å². The molecule has 152 valence electrons. The van der Waals surface area contributed by atoms with E-state index in [9.17, 15) is 13.2 Å². The fraction of sp³-hybridized carbons (Fsp3) is 0.0952. The SMILES string of the molecule is COc1cc(-n2c(C)nc3ccccc3c2=O)ccc1NS(=O)(=O)c1cccnc1. The van der Waals surface area contributed by atoms with Crippen molar-refractivity contribution in [2.75, 3.05) is 11.8 Å². The molecule has 0 bridgehead atoms. The third-order valence-corrected chi connectivity index (χ3v) is 5.93. The van der Waals surface area contributed by atoms with Crippen LogP contribution in [0.5, 0.6) is 5.75 Å². The highest BCUT2D eigenvalue weighted by Crippen LogP contribution is 2.29. The summed E-state index contributed by atoms with van der Waals surface area (Å²) in [4.78, 5) is 21.4. The van der Waals surface area contributed by atoms with Crippen LogP contribution in [0.3, 0.4) is 0 Å². The predicted octanol–water partition coefficient (Wildman–Crippen LogP) is 2.90. The van der Waals surface area contributed by atoms with Gasteiger partial charge >= 0.3 is 0 Å². The molecule has 0 saturated carbocycles. The number of rotatable bonds is 5. The number of fused-ring (bicyclic) bond motifs is 1. The van der Waals surface area contributed by atoms with Crippen molar-refractivity contribution < 1.29 is 13.2 Å². The highest BCUT2D eigenvalue weighted by atomic mass is 32.2. The monoisotopic (exact) mass is 422 g/mol. The number of hydrogen-bond acceptors (Lipinski definition) is 6. The summed E-state index contributed by atoms with van der Waals surface area (Å²) in [6.45, 7) is 1.74. The minimum Gasteiger partial charge on any atom is -0.494 e. The van der Waals surface area contributed by atoms with E-state index in [-0.39, 0.29) is 21.9 Å². The standard InChI is InChI=1S/C21H18N4O4S/c1-14-23-18-8-4-3-7-17(18)21(26)25(14)15-9-10-19(20(12-15)29-2)24-30(27,28)16-6-5-11-22-13-16/h3-13,24H,1-2H3. The van der Waals surface area contributed by atoms with Crippen LogP contribution in [0.25, 0.3) is 16.6 Å². The first kappa shape index (κ1) is 19.6. The van der Waals surface area contributed by atoms with Crippen LogP contribution in [0.2, 0.25) is 0 Å². The molecular weight excluding hydrogens is 404 g/mol. The minimum atomic E-state index is -3.84. The van der Waals surface area contributed by atoms with Crippen molar-refractivity contribution in [3.63, 3.8) is 0 Å². The lowest BCUT2D eigenvalue weighted by Crippen LogP contribution is -2.22. The van der Waals surface area contributed by atoms with Gasteiger partial charge < -0.3 is 4.74 Å². The van der Waals surface area contributed by atoms with Gasteiger partial charge in [-0.05, 0) is 43.3 Å². The number of methoxy groups -OCH3 is 1. The number of benzene rings is 2. The Morgan fingerprint density at radius 1 is 1.07 bits per heavy atom. The molecule has 4 rings (SSSR count). The smallest absolute Gasteiger partial charge is 0.265 e. The number of aromatic nitrogens is 3. The molecule has 0 saturated heterocycles. The van der Waals surface area contributed by atoms with Crippen LogP contribution < -0.4 is 15.0 Å². The molecule has 0 spiro atoms. The lowest BCUT2D eigenvalue weighted by atomic mass is 10.2. The Balaban J connectivity index is 1.79. The molecule has 0 fully saturated rings. The van der Waals surface area contributed by atoms with E-state index in [0.29, 0.717) is 22.4 Å². The molecule has 0 amide bonds. The highest BCUT2D eigenvalue weighted by Gasteiger charge is 2.18. The normalized spacial score (nSPS) is 11.4. The van der Waals surface area contributed by atoms with E-state index in [4.69, 9.17) is 4.74 Å². The van der Waals surface area contributed by atoms with E-state index in [1.54, 1.807) is 43.3 Å². The van der Waals surface area contributed by atoms with E-state index < -0.39 is 10.0 Å². The van der Waals surface area contributed by atoms with Gasteiger partial charge in [0.15, 0.2) is 0 Å². The summed E-state index contributed by atoms with van der Waals surface area (Å²) in [6.07, 6.45) is 2.75. The van der Waals surface area contributed by atoms with Crippen molar-refractivity contribution in [3.05, 3.63) is 83.2 Å². The number of sulfonamides is 1. The van der Waals surface area contributed by atoms with Crippen LogP contribution >= 0.6 is 0 Å². The van der Waals surface area contributed by atoms with Crippen LogP contribution in [0, 0.1) is 6.92 Å². The Bertz CT molecular complexity index is 1400. The average Bonchev–Trinajstić information content (AvgIpc) is 2.75. The summed E-state index contributed by atoms with van der Waals surface area (Å²) in [5.74, 6) is 0.767. The molecule has 0 unspecified atom stereocenters. The summed E-state index contributed by atoms with van der Waals surface area (Å²) >= 11 is 0. The molecule has 1 N–H and O–H groups in total. The first-order valence-electron chi connectivity index (χ1n) is 9.00. The molecule has 2 aromatic heterocycles. The van der Waals surface area contributed by atoms with Crippen LogP contribution in [-0.2, 0) is 10.0 Å².